The van der Waals surface area contributed by atoms with Crippen molar-refractivity contribution in [2.75, 3.05) is 38.7 Å². The van der Waals surface area contributed by atoms with Crippen LogP contribution in [0, 0.1) is 0 Å². The minimum Gasteiger partial charge on any atom is -0.479 e. The Morgan fingerprint density at radius 1 is 0.706 bits per heavy atom. The molecule has 0 aliphatic carbocycles. The Kier molecular flexibility index (Phi) is 34.5. The van der Waals surface area contributed by atoms with Crippen LogP contribution in [-0.2, 0) is 63.9 Å². The van der Waals surface area contributed by atoms with E-state index in [1.165, 1.54) is 6.92 Å². The summed E-state index contributed by atoms with van der Waals surface area (Å²) in [7, 11) is 0. The molecule has 1 saturated heterocycles. The molecular weight excluding hydrogens is 1140 g/mol. The number of unbranched alkanes of at least 4 members (excludes halogenated alkanes) is 6. The smallest absolute Gasteiger partial charge is 0.335 e. The molecule has 1 aliphatic heterocycles. The number of guanidine groups is 1. The van der Waals surface area contributed by atoms with Crippen LogP contribution in [-0.4, -0.2) is 202 Å². The molecule has 0 aromatic heterocycles. The van der Waals surface area contributed by atoms with Gasteiger partial charge in [0.15, 0.2) is 18.1 Å². The molecule has 1 heterocycles. The number of nitrogens with two attached hydrogens (primary N) is 4. The van der Waals surface area contributed by atoms with Gasteiger partial charge in [-0.3, -0.25) is 48.1 Å². The van der Waals surface area contributed by atoms with E-state index in [0.29, 0.717) is 12.0 Å². The molecule has 1 aliphatic rings. The number of alkyl halides is 1. The van der Waals surface area contributed by atoms with Gasteiger partial charge in [0, 0.05) is 13.0 Å². The van der Waals surface area contributed by atoms with Gasteiger partial charge >= 0.3 is 11.9 Å². The summed E-state index contributed by atoms with van der Waals surface area (Å²) in [6.07, 6.45) is -0.182. The quantitative estimate of drug-likeness (QED) is 0.0103. The average molecular weight is 1230 g/mol. The van der Waals surface area contributed by atoms with Gasteiger partial charge < -0.3 is 101 Å². The largest absolute Gasteiger partial charge is 0.479 e. The second-order valence-electron chi connectivity index (χ2n) is 19.9. The number of cyclic esters (lactones) is 1. The predicted octanol–water partition coefficient (Wildman–Crippen LogP) is -5.64. The van der Waals surface area contributed by atoms with E-state index >= 15 is 0 Å². The average Bonchev–Trinajstić information content (AvgIpc) is 3.67. The first-order valence-corrected chi connectivity index (χ1v) is 28.5. The molecule has 0 radical (unpaired) electrons. The Bertz CT molecular complexity index is 2440. The van der Waals surface area contributed by atoms with Gasteiger partial charge in [0.05, 0.1) is 31.1 Å². The van der Waals surface area contributed by atoms with Crippen molar-refractivity contribution in [1.29, 1.82) is 0 Å². The van der Waals surface area contributed by atoms with Crippen molar-refractivity contribution >= 4 is 82.7 Å². The van der Waals surface area contributed by atoms with Crippen LogP contribution in [0.25, 0.3) is 0 Å². The fourth-order valence-corrected chi connectivity index (χ4v) is 8.55. The summed E-state index contributed by atoms with van der Waals surface area (Å²) in [6, 6.07) is -6.93. The highest BCUT2D eigenvalue weighted by molar-refractivity contribution is 6.18. The van der Waals surface area contributed by atoms with Gasteiger partial charge in [0.25, 0.3) is 5.91 Å². The number of ether oxygens (including phenoxy) is 1. The second-order valence-corrected chi connectivity index (χ2v) is 20.2. The molecule has 0 bridgehead atoms. The third-order valence-corrected chi connectivity index (χ3v) is 13.4. The molecule has 22 N–H and O–H groups in total. The summed E-state index contributed by atoms with van der Waals surface area (Å²) in [5.74, 6) is -15.6. The molecule has 1 aromatic carbocycles. The number of benzene rings is 1. The number of carboxylic acid groups (broad SMARTS) is 1. The first kappa shape index (κ1) is 73.6. The van der Waals surface area contributed by atoms with Gasteiger partial charge in [-0.15, -0.1) is 11.6 Å². The highest BCUT2D eigenvalue weighted by atomic mass is 35.5. The lowest BCUT2D eigenvalue weighted by atomic mass is 10.0. The first-order valence-electron chi connectivity index (χ1n) is 27.9. The first-order chi connectivity index (χ1) is 40.4. The van der Waals surface area contributed by atoms with Crippen LogP contribution in [0.4, 0.5) is 0 Å². The summed E-state index contributed by atoms with van der Waals surface area (Å²) in [5, 5.41) is 73.2. The molecule has 1 fully saturated rings. The SMILES string of the molecule is C/C=C1\NC(=O)[C@H](Cc2ccccc2)NC(=O)[C@H](CCCN=C(N)N)NC(=O)[C@H](CCN)NC(=O)[C@@H](CCN)NC(=O)[C@@H](CO)NC(=O)[C@@H](NC(=O)C[C@@H](O)CCCCCCCCC)COC(=O)[C@H]([C@H](O)CCl)NC(=O)[C@H]([C@H](O)C(=O)O)NC1=O. The number of rotatable bonds is 26. The second kappa shape index (κ2) is 39.9. The number of hydrogen-bond acceptors (Lipinski definition) is 19. The van der Waals surface area contributed by atoms with E-state index < -0.39 is 163 Å². The van der Waals surface area contributed by atoms with Crippen molar-refractivity contribution in [3.05, 3.63) is 47.7 Å². The van der Waals surface area contributed by atoms with Crippen LogP contribution >= 0.6 is 11.6 Å². The number of aliphatic imine (C=N–C) groups is 1. The van der Waals surface area contributed by atoms with Crippen LogP contribution in [0.15, 0.2) is 47.1 Å². The number of nitrogens with zero attached hydrogens (tertiary/aromatic N) is 1. The molecule has 85 heavy (non-hydrogen) atoms. The molecule has 0 unspecified atom stereocenters. The van der Waals surface area contributed by atoms with Gasteiger partial charge in [0.1, 0.15) is 54.6 Å². The number of halogens is 1. The number of aliphatic hydroxyl groups excluding tert-OH is 4. The maximum absolute atomic E-state index is 14.3. The molecule has 9 amide bonds. The third kappa shape index (κ3) is 26.9. The van der Waals surface area contributed by atoms with E-state index in [0.717, 1.165) is 44.6 Å². The molecule has 0 spiro atoms. The number of allylic oxidation sites excluding steroid dienone is 1. The highest BCUT2D eigenvalue weighted by Gasteiger charge is 2.40. The Morgan fingerprint density at radius 2 is 1.25 bits per heavy atom. The number of amides is 9. The fourth-order valence-electron chi connectivity index (χ4n) is 8.38. The van der Waals surface area contributed by atoms with Gasteiger partial charge in [-0.1, -0.05) is 88.3 Å². The van der Waals surface area contributed by atoms with E-state index in [4.69, 9.17) is 39.3 Å². The van der Waals surface area contributed by atoms with Gasteiger partial charge in [-0.2, -0.15) is 0 Å². The molecule has 476 valence electrons. The van der Waals surface area contributed by atoms with Crippen LogP contribution in [0.5, 0.6) is 0 Å². The summed E-state index contributed by atoms with van der Waals surface area (Å²) in [6.45, 7) is 0.417. The zero-order valence-electron chi connectivity index (χ0n) is 47.7. The summed E-state index contributed by atoms with van der Waals surface area (Å²) >= 11 is 5.88. The van der Waals surface area contributed by atoms with E-state index in [2.05, 4.69) is 49.1 Å². The number of carbonyl (C=O) groups is 11. The maximum atomic E-state index is 14.3. The molecule has 32 heteroatoms. The van der Waals surface area contributed by atoms with Crippen molar-refractivity contribution in [2.45, 2.75) is 170 Å². The van der Waals surface area contributed by atoms with Crippen molar-refractivity contribution in [1.82, 2.24) is 47.9 Å². The molecule has 0 saturated carbocycles. The summed E-state index contributed by atoms with van der Waals surface area (Å²) < 4.78 is 5.27. The van der Waals surface area contributed by atoms with E-state index in [1.807, 2.05) is 10.6 Å². The minimum atomic E-state index is -2.81. The molecule has 2 rings (SSSR count). The lowest BCUT2D eigenvalue weighted by molar-refractivity contribution is -0.155. The van der Waals surface area contributed by atoms with Crippen molar-refractivity contribution in [3.63, 3.8) is 0 Å². The Labute approximate surface area is 496 Å². The van der Waals surface area contributed by atoms with Crippen LogP contribution in [0.3, 0.4) is 0 Å². The lowest BCUT2D eigenvalue weighted by Crippen LogP contribution is -2.62. The summed E-state index contributed by atoms with van der Waals surface area (Å²) in [4.78, 5) is 156. The fraction of sp³-hybridized carbons (Fsp3) is 0.623. The van der Waals surface area contributed by atoms with Gasteiger partial charge in [-0.25, -0.2) is 9.59 Å². The predicted molar refractivity (Wildman–Crippen MR) is 306 cm³/mol. The molecular formula is C53H85ClN14O17. The van der Waals surface area contributed by atoms with E-state index in [9.17, 15) is 78.3 Å². The van der Waals surface area contributed by atoms with E-state index in [-0.39, 0.29) is 64.1 Å². The van der Waals surface area contributed by atoms with Crippen molar-refractivity contribution < 1.29 is 83.0 Å². The van der Waals surface area contributed by atoms with Crippen LogP contribution in [0.2, 0.25) is 0 Å². The standard InChI is InChI=1S/C53H85ClN14O17/c1-3-5-6-7-8-9-13-17-30(70)25-39(72)60-37-28-85-52(84)40(38(71)26-54)67-50(81)41(42(73)51(82)83)68-43(74)31(4-2)61-47(78)35(24-29-15-11-10-12-16-29)65-44(75)32(18-14-23-59-53(57)58)62-45(76)33(19-21-55)63-46(77)34(20-22-56)64-48(79)36(27-69)66-49(37)80/h4,10-12,15-16,30,32-38,40-42,69-71,73H,3,5-9,13-14,17-28,55-56H2,1-2H3,(H,60,72)(H,61,78)(H,62,76)(H,63,77)(H,64,79)(H,65,75)(H,66,80)(H,67,81)(H,68,74)(H,82,83)(H4,57,58,59)/b31-4-/t30-,32-,33-,34+,35-,36+,37-,38+,40-,41-,42-/m0/s1. The van der Waals surface area contributed by atoms with Crippen LogP contribution < -0.4 is 70.8 Å². The maximum Gasteiger partial charge on any atom is 0.335 e. The number of hydrogen-bond donors (Lipinski definition) is 18. The Balaban J connectivity index is 2.81. The number of carbonyl (C=O) groups excluding carboxylic acids is 10. The highest BCUT2D eigenvalue weighted by Crippen LogP contribution is 2.13. The molecule has 31 nitrogen and oxygen atoms in total. The molecule has 1 aromatic rings. The number of carboxylic acids is 1. The van der Waals surface area contributed by atoms with Crippen LogP contribution in [0.1, 0.15) is 103 Å². The van der Waals surface area contributed by atoms with Crippen molar-refractivity contribution in [3.8, 4) is 0 Å². The third-order valence-electron chi connectivity index (χ3n) is 13.1. The number of aliphatic hydroxyl groups is 4. The topological polar surface area (TPSA) is 523 Å². The monoisotopic (exact) mass is 1220 g/mol. The van der Waals surface area contributed by atoms with E-state index in [1.54, 1.807) is 30.3 Å². The zero-order chi connectivity index (χ0) is 63.6. The number of aliphatic carboxylic acids is 1. The number of nitrogens with one attached hydrogen (secondary N) is 9. The summed E-state index contributed by atoms with van der Waals surface area (Å²) in [5.41, 5.74) is 22.4. The number of esters is 1. The normalized spacial score (nSPS) is 23.7. The van der Waals surface area contributed by atoms with Gasteiger partial charge in [-0.05, 0) is 57.7 Å². The van der Waals surface area contributed by atoms with Gasteiger partial charge in [0.2, 0.25) is 47.3 Å². The zero-order valence-corrected chi connectivity index (χ0v) is 48.5. The Hall–Kier alpha value is -7.55. The lowest BCUT2D eigenvalue weighted by Gasteiger charge is -2.28. The minimum absolute atomic E-state index is 0.0368. The van der Waals surface area contributed by atoms with Crippen molar-refractivity contribution in [2.24, 2.45) is 27.9 Å². The molecule has 11 atom stereocenters. The Morgan fingerprint density at radius 3 is 1.78 bits per heavy atom.